The number of rotatable bonds is 14. The van der Waals surface area contributed by atoms with E-state index in [1.54, 1.807) is 9.80 Å². The second-order valence-electron chi connectivity index (χ2n) is 13.4. The zero-order valence-corrected chi connectivity index (χ0v) is 28.3. The zero-order chi connectivity index (χ0) is 32.9. The van der Waals surface area contributed by atoms with E-state index in [-0.39, 0.29) is 12.2 Å². The van der Waals surface area contributed by atoms with Crippen LogP contribution < -0.4 is 5.32 Å². The Morgan fingerprint density at radius 2 is 0.956 bits per heavy atom. The van der Waals surface area contributed by atoms with E-state index in [2.05, 4.69) is 78.1 Å². The van der Waals surface area contributed by atoms with Crippen molar-refractivity contribution in [1.29, 1.82) is 0 Å². The summed E-state index contributed by atoms with van der Waals surface area (Å²) < 4.78 is 11.3. The van der Waals surface area contributed by atoms with Crippen molar-refractivity contribution in [2.45, 2.75) is 84.5 Å². The Hall–Kier alpha value is -3.84. The maximum absolute atomic E-state index is 13.2. The molecule has 0 atom stereocenters. The fraction of sp³-hybridized carbons (Fsp3) is 0.474. The van der Waals surface area contributed by atoms with Gasteiger partial charge in [0, 0.05) is 26.2 Å². The summed E-state index contributed by atoms with van der Waals surface area (Å²) in [6.07, 6.45) is 1.61. The highest BCUT2D eigenvalue weighted by molar-refractivity contribution is 5.68. The summed E-state index contributed by atoms with van der Waals surface area (Å²) in [7, 11) is 0. The Balaban J connectivity index is 1.71. The molecule has 0 heterocycles. The van der Waals surface area contributed by atoms with Crippen molar-refractivity contribution in [3.05, 3.63) is 108 Å². The SMILES string of the molecule is CCN(CCCN(CCCCNC(c1ccccc1)(c1ccccc1)c1ccccc1)C(=O)OC(C)(C)C)C(=O)OC(C)(C)C. The fourth-order valence-corrected chi connectivity index (χ4v) is 5.35. The quantitative estimate of drug-likeness (QED) is 0.146. The summed E-state index contributed by atoms with van der Waals surface area (Å²) in [4.78, 5) is 29.2. The van der Waals surface area contributed by atoms with Gasteiger partial charge in [0.2, 0.25) is 0 Å². The van der Waals surface area contributed by atoms with Crippen molar-refractivity contribution in [3.63, 3.8) is 0 Å². The molecule has 7 heteroatoms. The normalized spacial score (nSPS) is 12.0. The highest BCUT2D eigenvalue weighted by Gasteiger charge is 2.35. The third-order valence-electron chi connectivity index (χ3n) is 7.41. The van der Waals surface area contributed by atoms with E-state index in [4.69, 9.17) is 9.47 Å². The molecule has 0 aliphatic heterocycles. The van der Waals surface area contributed by atoms with Gasteiger partial charge in [0.25, 0.3) is 0 Å². The van der Waals surface area contributed by atoms with Crippen LogP contribution in [-0.2, 0) is 15.0 Å². The number of hydrogen-bond donors (Lipinski definition) is 1. The van der Waals surface area contributed by atoms with Crippen molar-refractivity contribution in [3.8, 4) is 0 Å². The lowest BCUT2D eigenvalue weighted by Crippen LogP contribution is -2.45. The molecule has 0 aromatic heterocycles. The van der Waals surface area contributed by atoms with Gasteiger partial charge in [-0.25, -0.2) is 9.59 Å². The molecular formula is C38H53N3O4. The van der Waals surface area contributed by atoms with Crippen LogP contribution >= 0.6 is 0 Å². The molecule has 244 valence electrons. The van der Waals surface area contributed by atoms with Gasteiger partial charge in [-0.1, -0.05) is 91.0 Å². The molecule has 0 bridgehead atoms. The summed E-state index contributed by atoms with van der Waals surface area (Å²) in [6.45, 7) is 16.0. The summed E-state index contributed by atoms with van der Waals surface area (Å²) in [5.74, 6) is 0. The number of unbranched alkanes of at least 4 members (excludes halogenated alkanes) is 1. The molecule has 0 aliphatic rings. The van der Waals surface area contributed by atoms with Crippen LogP contribution in [0, 0.1) is 0 Å². The third kappa shape index (κ3) is 10.9. The minimum atomic E-state index is -0.594. The molecule has 0 aliphatic carbocycles. The largest absolute Gasteiger partial charge is 0.444 e. The molecule has 3 aromatic carbocycles. The van der Waals surface area contributed by atoms with Gasteiger partial charge in [0.15, 0.2) is 0 Å². The van der Waals surface area contributed by atoms with Gasteiger partial charge in [-0.05, 0) is 91.0 Å². The summed E-state index contributed by atoms with van der Waals surface area (Å²) in [6, 6.07) is 31.7. The van der Waals surface area contributed by atoms with E-state index in [0.717, 1.165) is 19.4 Å². The fourth-order valence-electron chi connectivity index (χ4n) is 5.35. The van der Waals surface area contributed by atoms with Crippen molar-refractivity contribution in [2.75, 3.05) is 32.7 Å². The molecule has 0 unspecified atom stereocenters. The number of amides is 2. The molecule has 1 N–H and O–H groups in total. The van der Waals surface area contributed by atoms with Crippen LogP contribution in [0.25, 0.3) is 0 Å². The first-order chi connectivity index (χ1) is 21.4. The Morgan fingerprint density at radius 3 is 1.36 bits per heavy atom. The Morgan fingerprint density at radius 1 is 0.578 bits per heavy atom. The first-order valence-electron chi connectivity index (χ1n) is 16.2. The number of nitrogens with one attached hydrogen (secondary N) is 1. The molecule has 0 saturated heterocycles. The number of ether oxygens (including phenoxy) is 2. The number of nitrogens with zero attached hydrogens (tertiary/aromatic N) is 2. The van der Waals surface area contributed by atoms with Crippen molar-refractivity contribution in [1.82, 2.24) is 15.1 Å². The average Bonchev–Trinajstić information content (AvgIpc) is 2.99. The Bertz CT molecular complexity index is 1200. The Kier molecular flexibility index (Phi) is 13.0. The molecule has 0 fully saturated rings. The zero-order valence-electron chi connectivity index (χ0n) is 28.3. The third-order valence-corrected chi connectivity index (χ3v) is 7.41. The van der Waals surface area contributed by atoms with E-state index >= 15 is 0 Å². The van der Waals surface area contributed by atoms with Crippen LogP contribution in [0.2, 0.25) is 0 Å². The molecule has 0 spiro atoms. The van der Waals surface area contributed by atoms with Gasteiger partial charge in [-0.2, -0.15) is 0 Å². The topological polar surface area (TPSA) is 71.1 Å². The first kappa shape index (κ1) is 35.6. The monoisotopic (exact) mass is 615 g/mol. The molecule has 0 radical (unpaired) electrons. The number of carbonyl (C=O) groups excluding carboxylic acids is 2. The van der Waals surface area contributed by atoms with Crippen LogP contribution in [0.1, 0.15) is 84.4 Å². The van der Waals surface area contributed by atoms with Crippen molar-refractivity contribution in [2.24, 2.45) is 0 Å². The van der Waals surface area contributed by atoms with E-state index in [1.807, 2.05) is 66.7 Å². The number of benzene rings is 3. The first-order valence-corrected chi connectivity index (χ1v) is 16.2. The van der Waals surface area contributed by atoms with Gasteiger partial charge in [0.1, 0.15) is 11.2 Å². The smallest absolute Gasteiger partial charge is 0.410 e. The maximum atomic E-state index is 13.2. The molecule has 3 rings (SSSR count). The highest BCUT2D eigenvalue weighted by atomic mass is 16.6. The van der Waals surface area contributed by atoms with Crippen LogP contribution in [0.5, 0.6) is 0 Å². The second kappa shape index (κ2) is 16.5. The Labute approximate surface area is 270 Å². The maximum Gasteiger partial charge on any atom is 0.410 e. The summed E-state index contributed by atoms with van der Waals surface area (Å²) in [5.41, 5.74) is 1.83. The van der Waals surface area contributed by atoms with Gasteiger partial charge >= 0.3 is 12.2 Å². The minimum Gasteiger partial charge on any atom is -0.444 e. The lowest BCUT2D eigenvalue weighted by molar-refractivity contribution is 0.0209. The van der Waals surface area contributed by atoms with Gasteiger partial charge in [-0.15, -0.1) is 0 Å². The second-order valence-corrected chi connectivity index (χ2v) is 13.4. The summed E-state index contributed by atoms with van der Waals surface area (Å²) in [5, 5.41) is 3.93. The summed E-state index contributed by atoms with van der Waals surface area (Å²) >= 11 is 0. The van der Waals surface area contributed by atoms with E-state index in [9.17, 15) is 9.59 Å². The van der Waals surface area contributed by atoms with Gasteiger partial charge in [0.05, 0.1) is 5.54 Å². The standard InChI is InChI=1S/C38H53N3O4/c1-8-40(34(42)44-36(2,3)4)29-20-30-41(35(43)45-37(5,6)7)28-19-18-27-39-38(31-21-12-9-13-22-31,32-23-14-10-15-24-32)33-25-16-11-17-26-33/h9-17,21-26,39H,8,18-20,27-30H2,1-7H3. The van der Waals surface area contributed by atoms with Crippen molar-refractivity contribution < 1.29 is 19.1 Å². The molecule has 3 aromatic rings. The van der Waals surface area contributed by atoms with E-state index in [1.165, 1.54) is 16.7 Å². The van der Waals surface area contributed by atoms with Crippen LogP contribution in [-0.4, -0.2) is 65.9 Å². The van der Waals surface area contributed by atoms with Crippen LogP contribution in [0.4, 0.5) is 9.59 Å². The predicted molar refractivity (Wildman–Crippen MR) is 182 cm³/mol. The van der Waals surface area contributed by atoms with Gasteiger partial charge in [-0.3, -0.25) is 5.32 Å². The number of hydrogen-bond acceptors (Lipinski definition) is 5. The predicted octanol–water partition coefficient (Wildman–Crippen LogP) is 8.23. The molecule has 7 nitrogen and oxygen atoms in total. The lowest BCUT2D eigenvalue weighted by Gasteiger charge is -2.37. The molecule has 2 amide bonds. The van der Waals surface area contributed by atoms with Gasteiger partial charge < -0.3 is 19.3 Å². The lowest BCUT2D eigenvalue weighted by atomic mass is 9.77. The number of carbonyl (C=O) groups is 2. The van der Waals surface area contributed by atoms with E-state index < -0.39 is 16.7 Å². The van der Waals surface area contributed by atoms with Crippen LogP contribution in [0.3, 0.4) is 0 Å². The van der Waals surface area contributed by atoms with Crippen LogP contribution in [0.15, 0.2) is 91.0 Å². The molecule has 45 heavy (non-hydrogen) atoms. The molecular weight excluding hydrogens is 562 g/mol. The van der Waals surface area contributed by atoms with Crippen molar-refractivity contribution >= 4 is 12.2 Å². The van der Waals surface area contributed by atoms with E-state index in [0.29, 0.717) is 32.6 Å². The highest BCUT2D eigenvalue weighted by Crippen LogP contribution is 2.36. The molecule has 0 saturated carbocycles. The average molecular weight is 616 g/mol. The minimum absolute atomic E-state index is 0.331.